The lowest BCUT2D eigenvalue weighted by Gasteiger charge is -2.39. The Balaban J connectivity index is 1.14. The number of aromatic nitrogens is 2. The van der Waals surface area contributed by atoms with Gasteiger partial charge in [-0.05, 0) is 29.8 Å². The van der Waals surface area contributed by atoms with Gasteiger partial charge >= 0.3 is 0 Å². The number of nitrogens with zero attached hydrogens (tertiary/aromatic N) is 5. The van der Waals surface area contributed by atoms with Crippen LogP contribution in [-0.4, -0.2) is 84.1 Å². The molecule has 0 radical (unpaired) electrons. The summed E-state index contributed by atoms with van der Waals surface area (Å²) in [5.74, 6) is 1.50. The van der Waals surface area contributed by atoms with Crippen LogP contribution in [0.2, 0.25) is 0 Å². The van der Waals surface area contributed by atoms with Gasteiger partial charge in [-0.1, -0.05) is 30.3 Å². The van der Waals surface area contributed by atoms with Gasteiger partial charge in [0.25, 0.3) is 5.91 Å². The molecule has 1 amide bonds. The zero-order valence-electron chi connectivity index (χ0n) is 22.9. The number of hydrazone groups is 1. The van der Waals surface area contributed by atoms with Gasteiger partial charge in [0, 0.05) is 57.5 Å². The third-order valence-corrected chi connectivity index (χ3v) is 7.38. The minimum atomic E-state index is -0.182. The fourth-order valence-corrected chi connectivity index (χ4v) is 5.32. The topological polar surface area (TPSA) is 131 Å². The third kappa shape index (κ3) is 5.86. The lowest BCUT2D eigenvalue weighted by Crippen LogP contribution is -2.52. The second kappa shape index (κ2) is 11.9. The summed E-state index contributed by atoms with van der Waals surface area (Å²) in [6.07, 6.45) is 2.54. The Morgan fingerprint density at radius 2 is 1.95 bits per heavy atom. The minimum absolute atomic E-state index is 0.0533. The monoisotopic (exact) mass is 555 g/mol. The Morgan fingerprint density at radius 3 is 2.71 bits per heavy atom. The largest absolute Gasteiger partial charge is 0.488 e. The third-order valence-electron chi connectivity index (χ3n) is 7.38. The van der Waals surface area contributed by atoms with Crippen LogP contribution in [0, 0.1) is 0 Å². The van der Waals surface area contributed by atoms with Crippen LogP contribution in [0.4, 0.5) is 0 Å². The second-order valence-corrected chi connectivity index (χ2v) is 10.1. The molecule has 212 valence electrons. The number of benzene rings is 2. The molecule has 4 heterocycles. The molecule has 2 aromatic carbocycles. The Kier molecular flexibility index (Phi) is 7.79. The molecule has 1 unspecified atom stereocenters. The van der Waals surface area contributed by atoms with E-state index in [1.807, 2.05) is 53.4 Å². The van der Waals surface area contributed by atoms with Gasteiger partial charge < -0.3 is 30.0 Å². The number of ether oxygens (including phenoxy) is 2. The van der Waals surface area contributed by atoms with Crippen molar-refractivity contribution in [3.05, 3.63) is 78.1 Å². The first-order valence-electron chi connectivity index (χ1n) is 13.8. The standard InChI is InChI=1S/C30H33N7O4/c1-32-35-28(31)27(20-5-3-2-4-6-20)36-12-14-37(15-13-36)30(38)25-17-21(9-11-33-25)29-34-24-18-22(7-8-26(24)41-29)40-23-10-16-39-19-23/h2-9,11,17-18,23,27,32H,10,12-16,19H2,1H3,(H2,31,35)/t23-,27?/m0/s1. The van der Waals surface area contributed by atoms with Crippen molar-refractivity contribution in [1.29, 1.82) is 0 Å². The molecule has 11 nitrogen and oxygen atoms in total. The fourth-order valence-electron chi connectivity index (χ4n) is 5.32. The average Bonchev–Trinajstić information content (AvgIpc) is 3.68. The molecule has 2 aromatic heterocycles. The van der Waals surface area contributed by atoms with Crippen molar-refractivity contribution < 1.29 is 18.7 Å². The molecule has 11 heteroatoms. The van der Waals surface area contributed by atoms with Crippen LogP contribution in [0.15, 0.2) is 76.4 Å². The number of hydrogen-bond donors (Lipinski definition) is 2. The van der Waals surface area contributed by atoms with Crippen LogP contribution < -0.4 is 15.9 Å². The number of carbonyl (C=O) groups excluding carboxylic acids is 1. The first-order chi connectivity index (χ1) is 20.1. The Morgan fingerprint density at radius 1 is 1.12 bits per heavy atom. The van der Waals surface area contributed by atoms with E-state index in [1.165, 1.54) is 0 Å². The van der Waals surface area contributed by atoms with Crippen LogP contribution in [-0.2, 0) is 4.74 Å². The molecule has 0 saturated carbocycles. The number of piperazine rings is 1. The van der Waals surface area contributed by atoms with Gasteiger partial charge in [-0.3, -0.25) is 14.7 Å². The number of fused-ring (bicyclic) bond motifs is 1. The highest BCUT2D eigenvalue weighted by Crippen LogP contribution is 2.29. The van der Waals surface area contributed by atoms with Crippen LogP contribution in [0.1, 0.15) is 28.5 Å². The second-order valence-electron chi connectivity index (χ2n) is 10.1. The molecule has 2 saturated heterocycles. The van der Waals surface area contributed by atoms with Crippen molar-refractivity contribution in [3.63, 3.8) is 0 Å². The summed E-state index contributed by atoms with van der Waals surface area (Å²) in [5.41, 5.74) is 12.6. The number of amides is 1. The van der Waals surface area contributed by atoms with Gasteiger partial charge in [0.15, 0.2) is 5.58 Å². The number of oxazole rings is 1. The lowest BCUT2D eigenvalue weighted by molar-refractivity contribution is 0.0606. The number of rotatable bonds is 8. The van der Waals surface area contributed by atoms with Crippen LogP contribution in [0.5, 0.6) is 5.75 Å². The van der Waals surface area contributed by atoms with Gasteiger partial charge in [-0.15, -0.1) is 0 Å². The van der Waals surface area contributed by atoms with E-state index in [-0.39, 0.29) is 18.1 Å². The zero-order valence-corrected chi connectivity index (χ0v) is 22.9. The molecule has 2 aliphatic heterocycles. The molecular formula is C30H33N7O4. The lowest BCUT2D eigenvalue weighted by atomic mass is 10.0. The maximum Gasteiger partial charge on any atom is 0.272 e. The summed E-state index contributed by atoms with van der Waals surface area (Å²) in [7, 11) is 1.73. The smallest absolute Gasteiger partial charge is 0.272 e. The Bertz CT molecular complexity index is 1530. The molecule has 4 aromatic rings. The summed E-state index contributed by atoms with van der Waals surface area (Å²) in [6.45, 7) is 3.68. The maximum atomic E-state index is 13.5. The molecule has 0 aliphatic carbocycles. The molecular weight excluding hydrogens is 522 g/mol. The van der Waals surface area contributed by atoms with Crippen molar-refractivity contribution in [3.8, 4) is 17.2 Å². The minimum Gasteiger partial charge on any atom is -0.488 e. The molecule has 0 spiro atoms. The molecule has 2 aliphatic rings. The molecule has 2 fully saturated rings. The SMILES string of the molecule is CN/N=C(\N)C(c1ccccc1)N1CCN(C(=O)c2cc(-c3nc4cc(O[C@H]5CCOC5)ccc4o3)ccn2)CC1. The Labute approximate surface area is 237 Å². The summed E-state index contributed by atoms with van der Waals surface area (Å²) in [6, 6.07) is 19.0. The highest BCUT2D eigenvalue weighted by Gasteiger charge is 2.30. The number of amidine groups is 1. The molecule has 3 N–H and O–H groups in total. The van der Waals surface area contributed by atoms with E-state index in [0.29, 0.717) is 73.5 Å². The van der Waals surface area contributed by atoms with Crippen molar-refractivity contribution in [2.75, 3.05) is 46.4 Å². The van der Waals surface area contributed by atoms with Crippen LogP contribution >= 0.6 is 0 Å². The van der Waals surface area contributed by atoms with E-state index >= 15 is 0 Å². The van der Waals surface area contributed by atoms with Crippen molar-refractivity contribution >= 4 is 22.8 Å². The Hall–Kier alpha value is -4.48. The summed E-state index contributed by atoms with van der Waals surface area (Å²) in [5, 5.41) is 4.25. The molecule has 41 heavy (non-hydrogen) atoms. The normalized spacial score (nSPS) is 18.9. The molecule has 0 bridgehead atoms. The first-order valence-corrected chi connectivity index (χ1v) is 13.8. The van der Waals surface area contributed by atoms with Gasteiger partial charge in [-0.25, -0.2) is 4.98 Å². The van der Waals surface area contributed by atoms with E-state index in [9.17, 15) is 4.79 Å². The van der Waals surface area contributed by atoms with Gasteiger partial charge in [0.1, 0.15) is 28.9 Å². The predicted molar refractivity (Wildman–Crippen MR) is 154 cm³/mol. The number of nitrogens with two attached hydrogens (primary N) is 1. The van der Waals surface area contributed by atoms with Crippen molar-refractivity contribution in [2.24, 2.45) is 10.8 Å². The zero-order chi connectivity index (χ0) is 28.2. The van der Waals surface area contributed by atoms with E-state index < -0.39 is 0 Å². The van der Waals surface area contributed by atoms with E-state index in [2.05, 4.69) is 25.4 Å². The summed E-state index contributed by atoms with van der Waals surface area (Å²) in [4.78, 5) is 26.5. The number of hydrogen-bond acceptors (Lipinski definition) is 9. The molecule has 6 rings (SSSR count). The van der Waals surface area contributed by atoms with Crippen molar-refractivity contribution in [2.45, 2.75) is 18.6 Å². The fraction of sp³-hybridized carbons (Fsp3) is 0.333. The number of nitrogens with one attached hydrogen (secondary N) is 1. The number of carbonyl (C=O) groups is 1. The highest BCUT2D eigenvalue weighted by molar-refractivity contribution is 5.93. The summed E-state index contributed by atoms with van der Waals surface area (Å²) < 4.78 is 17.4. The van der Waals surface area contributed by atoms with Crippen molar-refractivity contribution in [1.82, 2.24) is 25.2 Å². The van der Waals surface area contributed by atoms with E-state index in [1.54, 1.807) is 25.4 Å². The number of pyridine rings is 1. The maximum absolute atomic E-state index is 13.5. The average molecular weight is 556 g/mol. The quantitative estimate of drug-likeness (QED) is 0.191. The van der Waals surface area contributed by atoms with Gasteiger partial charge in [0.2, 0.25) is 5.89 Å². The van der Waals surface area contributed by atoms with Gasteiger partial charge in [-0.2, -0.15) is 5.10 Å². The highest BCUT2D eigenvalue weighted by atomic mass is 16.5. The van der Waals surface area contributed by atoms with Gasteiger partial charge in [0.05, 0.1) is 19.3 Å². The predicted octanol–water partition coefficient (Wildman–Crippen LogP) is 3.05. The first kappa shape index (κ1) is 26.7. The van der Waals surface area contributed by atoms with Crippen LogP contribution in [0.3, 0.4) is 0 Å². The van der Waals surface area contributed by atoms with E-state index in [0.717, 1.165) is 17.7 Å². The molecule has 2 atom stereocenters. The van der Waals surface area contributed by atoms with E-state index in [4.69, 9.17) is 19.6 Å². The summed E-state index contributed by atoms with van der Waals surface area (Å²) >= 11 is 0. The van der Waals surface area contributed by atoms with Crippen LogP contribution in [0.25, 0.3) is 22.6 Å².